The second-order valence-electron chi connectivity index (χ2n) is 27.9. The summed E-state index contributed by atoms with van der Waals surface area (Å²) >= 11 is 0. The number of fused-ring (bicyclic) bond motifs is 7. The summed E-state index contributed by atoms with van der Waals surface area (Å²) in [6.45, 7) is 17.0. The lowest BCUT2D eigenvalue weighted by Gasteiger charge is -2.72. The highest BCUT2D eigenvalue weighted by Gasteiger charge is 2.73. The smallest absolute Gasteiger partial charge is 0.335 e. The van der Waals surface area contributed by atoms with Crippen molar-refractivity contribution in [1.82, 2.24) is 0 Å². The van der Waals surface area contributed by atoms with E-state index in [-0.39, 0.29) is 18.3 Å². The zero-order valence-corrected chi connectivity index (χ0v) is 50.0. The zero-order chi connectivity index (χ0) is 62.7. The van der Waals surface area contributed by atoms with Gasteiger partial charge in [-0.1, -0.05) is 66.2 Å². The predicted molar refractivity (Wildman–Crippen MR) is 289 cm³/mol. The third-order valence-electron chi connectivity index (χ3n) is 22.7. The van der Waals surface area contributed by atoms with Gasteiger partial charge in [0.25, 0.3) is 0 Å². The minimum Gasteiger partial charge on any atom is -0.479 e. The molecule has 4 saturated carbocycles. The SMILES string of the molecule is C/C=C(\C)C(=O)O[C@H]1[C@@H](O)[C@@]2(CO)[C@H](CC1(C)C)C1=CC[C@@H]3[C@@]4(C)CC[C@@H](O[C@@H]5O[C@@H](C(=O)O)[C@@H](O)[C@@H](O[C@H]6O[C@@H](CO)[C@H](O)[C@@H](O[C@@H]7O[C@@H](C)[C@H](O)[C@H](O)[C@H]7O)[C@@H]6O)[C@H]5O[C@@H]5O[C@H](CO)[C@@H](O)[C@@H](O)[C@H]5O)C(C)(C)[C@@H]4CC[C@@]3(C)[C@@]1(C)C[C@@H]2O. The van der Waals surface area contributed by atoms with Crippen molar-refractivity contribution in [3.8, 4) is 0 Å². The number of aliphatic hydroxyl groups excluding tert-OH is 14. The Morgan fingerprint density at radius 1 is 0.635 bits per heavy atom. The van der Waals surface area contributed by atoms with Gasteiger partial charge in [-0.25, -0.2) is 9.59 Å². The topological polar surface area (TPSA) is 421 Å². The maximum absolute atomic E-state index is 13.2. The van der Waals surface area contributed by atoms with E-state index in [1.165, 1.54) is 6.92 Å². The van der Waals surface area contributed by atoms with Gasteiger partial charge >= 0.3 is 11.9 Å². The van der Waals surface area contributed by atoms with Gasteiger partial charge in [-0.05, 0) is 105 Å². The summed E-state index contributed by atoms with van der Waals surface area (Å²) in [5.41, 5.74) is -3.08. The fourth-order valence-electron chi connectivity index (χ4n) is 17.3. The summed E-state index contributed by atoms with van der Waals surface area (Å²) in [5, 5.41) is 167. The molecule has 0 aromatic heterocycles. The Bertz CT molecular complexity index is 2460. The van der Waals surface area contributed by atoms with Crippen LogP contribution in [0.15, 0.2) is 23.3 Å². The van der Waals surface area contributed by atoms with Gasteiger partial charge in [0, 0.05) is 11.0 Å². The van der Waals surface area contributed by atoms with Crippen LogP contribution in [0.1, 0.15) is 114 Å². The van der Waals surface area contributed by atoms with Crippen LogP contribution >= 0.6 is 0 Å². The van der Waals surface area contributed by atoms with Crippen molar-refractivity contribution in [3.05, 3.63) is 23.3 Å². The maximum atomic E-state index is 13.2. The second kappa shape index (κ2) is 24.3. The highest BCUT2D eigenvalue weighted by atomic mass is 16.8. The van der Waals surface area contributed by atoms with Gasteiger partial charge in [0.1, 0.15) is 97.7 Å². The molecule has 26 nitrogen and oxygen atoms in total. The zero-order valence-electron chi connectivity index (χ0n) is 50.0. The van der Waals surface area contributed by atoms with E-state index in [1.54, 1.807) is 19.9 Å². The average molecular weight is 1220 g/mol. The minimum atomic E-state index is -2.26. The van der Waals surface area contributed by atoms with Gasteiger partial charge in [0.05, 0.1) is 43.5 Å². The van der Waals surface area contributed by atoms with Crippen LogP contribution in [-0.2, 0) is 52.2 Å². The second-order valence-corrected chi connectivity index (χ2v) is 27.9. The van der Waals surface area contributed by atoms with E-state index >= 15 is 0 Å². The molecule has 31 atom stereocenters. The number of allylic oxidation sites excluding steroid dienone is 3. The summed E-state index contributed by atoms with van der Waals surface area (Å²) in [6.07, 6.45) is -34.7. The molecule has 26 heteroatoms. The Hall–Kier alpha value is -2.46. The van der Waals surface area contributed by atoms with Crippen LogP contribution in [0.4, 0.5) is 0 Å². The van der Waals surface area contributed by atoms with Gasteiger partial charge in [-0.3, -0.25) is 0 Å². The van der Waals surface area contributed by atoms with Crippen molar-refractivity contribution in [1.29, 1.82) is 0 Å². The molecule has 9 aliphatic rings. The first-order valence-corrected chi connectivity index (χ1v) is 30.0. The summed E-state index contributed by atoms with van der Waals surface area (Å²) < 4.78 is 54.6. The van der Waals surface area contributed by atoms with E-state index < -0.39 is 217 Å². The summed E-state index contributed by atoms with van der Waals surface area (Å²) in [6, 6.07) is 0. The minimum absolute atomic E-state index is 0.00194. The molecule has 4 aliphatic heterocycles. The normalized spacial score (nSPS) is 52.4. The van der Waals surface area contributed by atoms with Crippen LogP contribution < -0.4 is 0 Å². The summed E-state index contributed by atoms with van der Waals surface area (Å²) in [7, 11) is 0. The van der Waals surface area contributed by atoms with Crippen LogP contribution in [0.25, 0.3) is 0 Å². The molecular formula is C59H94O26. The third-order valence-corrected chi connectivity index (χ3v) is 22.7. The molecule has 5 aliphatic carbocycles. The fourth-order valence-corrected chi connectivity index (χ4v) is 17.3. The van der Waals surface area contributed by atoms with E-state index in [2.05, 4.69) is 26.8 Å². The molecule has 4 heterocycles. The van der Waals surface area contributed by atoms with Gasteiger partial charge < -0.3 is 119 Å². The Labute approximate surface area is 494 Å². The van der Waals surface area contributed by atoms with Crippen molar-refractivity contribution < 1.29 is 129 Å². The number of carbonyl (C=O) groups excluding carboxylic acids is 1. The molecule has 9 rings (SSSR count). The largest absolute Gasteiger partial charge is 0.479 e. The lowest BCUT2D eigenvalue weighted by Crippen LogP contribution is -2.72. The first kappa shape index (κ1) is 66.9. The number of carboxylic acids is 1. The number of esters is 1. The Morgan fingerprint density at radius 2 is 1.21 bits per heavy atom. The Kier molecular flexibility index (Phi) is 19.1. The molecule has 0 bridgehead atoms. The van der Waals surface area contributed by atoms with Crippen molar-refractivity contribution in [3.63, 3.8) is 0 Å². The number of aliphatic hydroxyl groups is 14. The van der Waals surface area contributed by atoms with E-state index in [4.69, 9.17) is 42.6 Å². The lowest BCUT2D eigenvalue weighted by molar-refractivity contribution is -0.402. The van der Waals surface area contributed by atoms with Crippen LogP contribution in [-0.4, -0.2) is 256 Å². The van der Waals surface area contributed by atoms with Gasteiger partial charge in [0.2, 0.25) is 0 Å². The molecule has 0 spiro atoms. The van der Waals surface area contributed by atoms with E-state index in [0.29, 0.717) is 44.1 Å². The summed E-state index contributed by atoms with van der Waals surface area (Å²) in [4.78, 5) is 26.4. The molecule has 0 aromatic carbocycles. The number of carboxylic acid groups (broad SMARTS) is 1. The van der Waals surface area contributed by atoms with Crippen molar-refractivity contribution in [2.45, 2.75) is 261 Å². The molecule has 4 saturated heterocycles. The molecule has 85 heavy (non-hydrogen) atoms. The molecule has 486 valence electrons. The van der Waals surface area contributed by atoms with Gasteiger partial charge in [-0.15, -0.1) is 0 Å². The first-order chi connectivity index (χ1) is 39.7. The number of hydrogen-bond acceptors (Lipinski definition) is 25. The fraction of sp³-hybridized carbons (Fsp3) is 0.898. The third kappa shape index (κ3) is 10.8. The van der Waals surface area contributed by atoms with Gasteiger partial charge in [0.15, 0.2) is 31.3 Å². The van der Waals surface area contributed by atoms with Crippen LogP contribution in [0.5, 0.6) is 0 Å². The Balaban J connectivity index is 1.02. The molecule has 15 N–H and O–H groups in total. The monoisotopic (exact) mass is 1220 g/mol. The molecule has 0 radical (unpaired) electrons. The van der Waals surface area contributed by atoms with Crippen molar-refractivity contribution in [2.75, 3.05) is 19.8 Å². The standard InChI is InChI=1S/C59H94O26/c1-11-23(2)49(76)85-47-46(73)59(22-62)26(18-54(47,4)5)25-12-13-30-56(8)16-15-32(55(6,7)29(56)14-17-57(30,9)58(25,10)19-31(59)63)80-53-45(84-51-39(70)37(68)34(65)27(20-60)78-51)43(40(71)44(83-53)48(74)75)82-52-41(72)42(35(66)28(21-61)79-52)81-50-38(69)36(67)33(64)24(3)77-50/h11-12,24,26-47,50-53,60-73H,13-22H2,1-10H3,(H,74,75)/b23-11+/t24-,26+,27+,28-,29-,30+,31-,32+,33-,34+,35-,36-,37+,38+,39+,40-,41-,42+,43+,44+,45+,46+,47-,50-,51-,52+,53+,56-,57+,58-,59-/m0/s1. The van der Waals surface area contributed by atoms with Gasteiger partial charge in [-0.2, -0.15) is 0 Å². The molecular weight excluding hydrogens is 1120 g/mol. The number of aliphatic carboxylic acids is 1. The predicted octanol–water partition coefficient (Wildman–Crippen LogP) is -2.01. The first-order valence-electron chi connectivity index (χ1n) is 30.0. The molecule has 0 unspecified atom stereocenters. The molecule has 8 fully saturated rings. The summed E-state index contributed by atoms with van der Waals surface area (Å²) in [5.74, 6) is -2.89. The maximum Gasteiger partial charge on any atom is 0.335 e. The molecule has 0 amide bonds. The van der Waals surface area contributed by atoms with Crippen molar-refractivity contribution >= 4 is 11.9 Å². The number of ether oxygens (including phenoxy) is 9. The lowest BCUT2D eigenvalue weighted by atomic mass is 9.33. The van der Waals surface area contributed by atoms with Crippen LogP contribution in [0.3, 0.4) is 0 Å². The van der Waals surface area contributed by atoms with Crippen LogP contribution in [0.2, 0.25) is 0 Å². The number of rotatable bonds is 14. The Morgan fingerprint density at radius 3 is 1.81 bits per heavy atom. The number of carbonyl (C=O) groups is 2. The highest BCUT2D eigenvalue weighted by Crippen LogP contribution is 2.76. The van der Waals surface area contributed by atoms with Crippen molar-refractivity contribution in [2.24, 2.45) is 50.2 Å². The molecule has 0 aromatic rings. The highest BCUT2D eigenvalue weighted by molar-refractivity contribution is 5.87. The quantitative estimate of drug-likeness (QED) is 0.0387. The van der Waals surface area contributed by atoms with Crippen LogP contribution in [0, 0.1) is 50.2 Å². The van der Waals surface area contributed by atoms with E-state index in [1.807, 2.05) is 27.7 Å². The number of hydrogen-bond donors (Lipinski definition) is 15. The van der Waals surface area contributed by atoms with E-state index in [9.17, 15) is 86.2 Å². The van der Waals surface area contributed by atoms with E-state index in [0.717, 1.165) is 5.57 Å². The average Bonchev–Trinajstić information content (AvgIpc) is 0.736.